The van der Waals surface area contributed by atoms with Gasteiger partial charge in [0.2, 0.25) is 5.89 Å². The molecule has 3 rings (SSSR count). The number of hydrogen-bond acceptors (Lipinski definition) is 6. The summed E-state index contributed by atoms with van der Waals surface area (Å²) in [5.74, 6) is 1.58. The Morgan fingerprint density at radius 1 is 1.26 bits per heavy atom. The van der Waals surface area contributed by atoms with E-state index in [1.54, 1.807) is 4.90 Å². The number of rotatable bonds is 4. The third-order valence-electron chi connectivity index (χ3n) is 4.19. The van der Waals surface area contributed by atoms with Crippen LogP contribution in [-0.4, -0.2) is 39.9 Å². The minimum atomic E-state index is -0.476. The molecule has 27 heavy (non-hydrogen) atoms. The molecular weight excluding hydrogens is 386 g/mol. The zero-order valence-corrected chi connectivity index (χ0v) is 17.3. The molecule has 0 saturated carbocycles. The summed E-state index contributed by atoms with van der Waals surface area (Å²) in [4.78, 5) is 13.9. The van der Waals surface area contributed by atoms with Crippen molar-refractivity contribution in [3.63, 3.8) is 0 Å². The Morgan fingerprint density at radius 3 is 2.56 bits per heavy atom. The van der Waals surface area contributed by atoms with Crippen LogP contribution in [-0.2, 0) is 10.5 Å². The zero-order valence-electron chi connectivity index (χ0n) is 15.8. The molecule has 1 aliphatic rings. The van der Waals surface area contributed by atoms with E-state index in [0.29, 0.717) is 24.2 Å². The van der Waals surface area contributed by atoms with E-state index in [1.165, 1.54) is 11.8 Å². The first-order valence-electron chi connectivity index (χ1n) is 8.99. The Kier molecular flexibility index (Phi) is 6.32. The quantitative estimate of drug-likeness (QED) is 0.652. The Bertz CT molecular complexity index is 765. The van der Waals surface area contributed by atoms with Crippen LogP contribution in [0.2, 0.25) is 5.02 Å². The van der Waals surface area contributed by atoms with Gasteiger partial charge in [-0.2, -0.15) is 0 Å². The number of likely N-dealkylation sites (tertiary alicyclic amines) is 1. The van der Waals surface area contributed by atoms with Gasteiger partial charge in [0.25, 0.3) is 5.22 Å². The van der Waals surface area contributed by atoms with Gasteiger partial charge in [-0.1, -0.05) is 35.5 Å². The number of hydrogen-bond donors (Lipinski definition) is 0. The van der Waals surface area contributed by atoms with E-state index in [2.05, 4.69) is 10.2 Å². The van der Waals surface area contributed by atoms with Crippen molar-refractivity contribution in [2.24, 2.45) is 0 Å². The molecule has 0 unspecified atom stereocenters. The van der Waals surface area contributed by atoms with E-state index in [9.17, 15) is 4.79 Å². The molecule has 8 heteroatoms. The van der Waals surface area contributed by atoms with E-state index < -0.39 is 5.60 Å². The fourth-order valence-corrected chi connectivity index (χ4v) is 3.66. The van der Waals surface area contributed by atoms with E-state index in [-0.39, 0.29) is 12.0 Å². The summed E-state index contributed by atoms with van der Waals surface area (Å²) in [6.07, 6.45) is 1.33. The van der Waals surface area contributed by atoms with Gasteiger partial charge in [-0.15, -0.1) is 10.2 Å². The predicted molar refractivity (Wildman–Crippen MR) is 105 cm³/mol. The maximum atomic E-state index is 12.1. The first-order chi connectivity index (χ1) is 12.8. The Balaban J connectivity index is 1.49. The summed E-state index contributed by atoms with van der Waals surface area (Å²) in [5, 5.41) is 9.63. The van der Waals surface area contributed by atoms with E-state index in [4.69, 9.17) is 20.8 Å². The van der Waals surface area contributed by atoms with Crippen LogP contribution in [0.5, 0.6) is 0 Å². The van der Waals surface area contributed by atoms with Crippen LogP contribution in [0.15, 0.2) is 33.9 Å². The number of carbonyl (C=O) groups is 1. The third kappa shape index (κ3) is 5.87. The summed E-state index contributed by atoms with van der Waals surface area (Å²) >= 11 is 7.41. The number of halogens is 1. The van der Waals surface area contributed by atoms with Crippen molar-refractivity contribution in [1.82, 2.24) is 15.1 Å². The Hall–Kier alpha value is -1.73. The molecule has 1 fully saturated rings. The molecule has 2 heterocycles. The van der Waals surface area contributed by atoms with Crippen LogP contribution in [0.1, 0.15) is 51.0 Å². The number of piperidine rings is 1. The van der Waals surface area contributed by atoms with Crippen molar-refractivity contribution < 1.29 is 13.9 Å². The van der Waals surface area contributed by atoms with Gasteiger partial charge >= 0.3 is 6.09 Å². The lowest BCUT2D eigenvalue weighted by Gasteiger charge is -2.32. The molecule has 146 valence electrons. The van der Waals surface area contributed by atoms with Gasteiger partial charge in [0, 0.05) is 29.8 Å². The average molecular weight is 410 g/mol. The van der Waals surface area contributed by atoms with Crippen molar-refractivity contribution in [1.29, 1.82) is 0 Å². The number of aromatic nitrogens is 2. The number of carbonyl (C=O) groups excluding carboxylic acids is 1. The minimum Gasteiger partial charge on any atom is -0.444 e. The molecule has 0 bridgehead atoms. The second-order valence-corrected chi connectivity index (χ2v) is 8.93. The topological polar surface area (TPSA) is 68.5 Å². The molecule has 1 aromatic heterocycles. The molecule has 0 atom stereocenters. The van der Waals surface area contributed by atoms with Crippen LogP contribution in [0.4, 0.5) is 4.79 Å². The molecule has 1 aromatic carbocycles. The third-order valence-corrected chi connectivity index (χ3v) is 5.34. The highest BCUT2D eigenvalue weighted by Crippen LogP contribution is 2.30. The second kappa shape index (κ2) is 8.52. The van der Waals surface area contributed by atoms with Gasteiger partial charge in [0.05, 0.1) is 0 Å². The lowest BCUT2D eigenvalue weighted by Crippen LogP contribution is -2.41. The standard InChI is InChI=1S/C19H24ClN3O3S/c1-19(2,3)26-18(24)23-10-8-14(9-11-23)16-21-22-17(25-16)27-12-13-4-6-15(20)7-5-13/h4-7,14H,8-12H2,1-3H3. The highest BCUT2D eigenvalue weighted by Gasteiger charge is 2.29. The van der Waals surface area contributed by atoms with Gasteiger partial charge in [0.15, 0.2) is 0 Å². The van der Waals surface area contributed by atoms with E-state index >= 15 is 0 Å². The molecule has 1 amide bonds. The lowest BCUT2D eigenvalue weighted by atomic mass is 9.97. The fraction of sp³-hybridized carbons (Fsp3) is 0.526. The monoisotopic (exact) mass is 409 g/mol. The molecule has 0 N–H and O–H groups in total. The molecule has 2 aromatic rings. The van der Waals surface area contributed by atoms with Crippen molar-refractivity contribution >= 4 is 29.5 Å². The van der Waals surface area contributed by atoms with Gasteiger partial charge < -0.3 is 14.1 Å². The van der Waals surface area contributed by atoms with Gasteiger partial charge in [-0.3, -0.25) is 0 Å². The smallest absolute Gasteiger partial charge is 0.410 e. The molecule has 0 spiro atoms. The zero-order chi connectivity index (χ0) is 19.4. The highest BCUT2D eigenvalue weighted by molar-refractivity contribution is 7.98. The van der Waals surface area contributed by atoms with Gasteiger partial charge in [-0.25, -0.2) is 4.79 Å². The molecule has 0 radical (unpaired) electrons. The predicted octanol–water partition coefficient (Wildman–Crippen LogP) is 5.13. The number of ether oxygens (including phenoxy) is 1. The van der Waals surface area contributed by atoms with Gasteiger partial charge in [-0.05, 0) is 51.3 Å². The molecule has 1 aliphatic heterocycles. The van der Waals surface area contributed by atoms with Crippen molar-refractivity contribution in [2.45, 2.75) is 56.1 Å². The van der Waals surface area contributed by atoms with Crippen LogP contribution in [0.25, 0.3) is 0 Å². The summed E-state index contributed by atoms with van der Waals surface area (Å²) in [6.45, 7) is 6.89. The number of benzene rings is 1. The molecule has 0 aliphatic carbocycles. The second-order valence-electron chi connectivity index (χ2n) is 7.56. The molecule has 6 nitrogen and oxygen atoms in total. The van der Waals surface area contributed by atoms with Crippen LogP contribution < -0.4 is 0 Å². The van der Waals surface area contributed by atoms with Gasteiger partial charge in [0.1, 0.15) is 5.60 Å². The fourth-order valence-electron chi connectivity index (χ4n) is 2.80. The summed E-state index contributed by atoms with van der Waals surface area (Å²) < 4.78 is 11.3. The normalized spacial score (nSPS) is 15.8. The number of thioether (sulfide) groups is 1. The van der Waals surface area contributed by atoms with Crippen molar-refractivity contribution in [3.05, 3.63) is 40.7 Å². The maximum absolute atomic E-state index is 12.1. The summed E-state index contributed by atoms with van der Waals surface area (Å²) in [7, 11) is 0. The number of amides is 1. The Labute approximate surface area is 168 Å². The van der Waals surface area contributed by atoms with E-state index in [1.807, 2.05) is 45.0 Å². The van der Waals surface area contributed by atoms with Crippen molar-refractivity contribution in [3.8, 4) is 0 Å². The SMILES string of the molecule is CC(C)(C)OC(=O)N1CCC(c2nnc(SCc3ccc(Cl)cc3)o2)CC1. The molecule has 1 saturated heterocycles. The summed E-state index contributed by atoms with van der Waals surface area (Å²) in [5.41, 5.74) is 0.672. The summed E-state index contributed by atoms with van der Waals surface area (Å²) in [6, 6.07) is 7.71. The number of nitrogens with zero attached hydrogens (tertiary/aromatic N) is 3. The van der Waals surface area contributed by atoms with Crippen LogP contribution >= 0.6 is 23.4 Å². The minimum absolute atomic E-state index is 0.182. The van der Waals surface area contributed by atoms with E-state index in [0.717, 1.165) is 29.2 Å². The van der Waals surface area contributed by atoms with Crippen LogP contribution in [0, 0.1) is 0 Å². The van der Waals surface area contributed by atoms with Crippen LogP contribution in [0.3, 0.4) is 0 Å². The Morgan fingerprint density at radius 2 is 1.93 bits per heavy atom. The lowest BCUT2D eigenvalue weighted by molar-refractivity contribution is 0.0198. The maximum Gasteiger partial charge on any atom is 0.410 e. The molecular formula is C19H24ClN3O3S. The highest BCUT2D eigenvalue weighted by atomic mass is 35.5. The first-order valence-corrected chi connectivity index (χ1v) is 10.3. The van der Waals surface area contributed by atoms with Crippen molar-refractivity contribution in [2.75, 3.05) is 13.1 Å². The first kappa shape index (κ1) is 20.0. The average Bonchev–Trinajstić information content (AvgIpc) is 3.09. The largest absolute Gasteiger partial charge is 0.444 e.